The largest absolute Gasteiger partial charge is 0.477 e. The van der Waals surface area contributed by atoms with Crippen molar-refractivity contribution in [3.8, 4) is 22.7 Å². The number of carbonyl (C=O) groups is 2. The van der Waals surface area contributed by atoms with Crippen LogP contribution in [0.5, 0.6) is 5.75 Å². The molecule has 1 aliphatic heterocycles. The number of anilines is 1. The highest BCUT2D eigenvalue weighted by Gasteiger charge is 2.35. The van der Waals surface area contributed by atoms with Crippen LogP contribution in [0.4, 0.5) is 5.69 Å². The number of nitrogens with zero attached hydrogens (tertiary/aromatic N) is 4. The Morgan fingerprint density at radius 1 is 1.03 bits per heavy atom. The highest BCUT2D eigenvalue weighted by molar-refractivity contribution is 6.11. The average Bonchev–Trinajstić information content (AvgIpc) is 3.34. The average molecular weight is 439 g/mol. The van der Waals surface area contributed by atoms with Crippen molar-refractivity contribution < 1.29 is 14.3 Å². The topological polar surface area (TPSA) is 89.4 Å². The van der Waals surface area contributed by atoms with E-state index in [0.29, 0.717) is 22.7 Å². The third-order valence-electron chi connectivity index (χ3n) is 5.46. The molecule has 1 aliphatic rings. The first-order valence-electron chi connectivity index (χ1n) is 10.5. The predicted molar refractivity (Wildman–Crippen MR) is 123 cm³/mol. The van der Waals surface area contributed by atoms with E-state index in [4.69, 9.17) is 9.84 Å². The van der Waals surface area contributed by atoms with Gasteiger partial charge >= 0.3 is 0 Å². The van der Waals surface area contributed by atoms with Gasteiger partial charge in [-0.2, -0.15) is 5.10 Å². The molecule has 0 spiro atoms. The molecule has 0 saturated heterocycles. The third kappa shape index (κ3) is 3.82. The Labute approximate surface area is 190 Å². The molecule has 33 heavy (non-hydrogen) atoms. The SMILES string of the molecule is CNC(=O)C1CN(C(=O)c2cn(-c3ccccc3)nc2-c2cccnc2)c2ccccc2O1. The minimum absolute atomic E-state index is 0.0819. The van der Waals surface area contributed by atoms with Crippen LogP contribution in [0.15, 0.2) is 85.3 Å². The number of hydrogen-bond donors (Lipinski definition) is 1. The fraction of sp³-hybridized carbons (Fsp3) is 0.120. The Balaban J connectivity index is 1.62. The van der Waals surface area contributed by atoms with E-state index < -0.39 is 6.10 Å². The Morgan fingerprint density at radius 2 is 1.82 bits per heavy atom. The van der Waals surface area contributed by atoms with Gasteiger partial charge in [0.1, 0.15) is 11.4 Å². The van der Waals surface area contributed by atoms with Gasteiger partial charge in [0, 0.05) is 31.2 Å². The van der Waals surface area contributed by atoms with Crippen LogP contribution in [0.25, 0.3) is 16.9 Å². The van der Waals surface area contributed by atoms with Crippen LogP contribution < -0.4 is 15.0 Å². The van der Waals surface area contributed by atoms with E-state index in [2.05, 4.69) is 10.3 Å². The van der Waals surface area contributed by atoms with Gasteiger partial charge in [0.15, 0.2) is 6.10 Å². The second kappa shape index (κ2) is 8.58. The summed E-state index contributed by atoms with van der Waals surface area (Å²) in [6.07, 6.45) is 4.24. The summed E-state index contributed by atoms with van der Waals surface area (Å²) in [7, 11) is 1.54. The molecular weight excluding hydrogens is 418 g/mol. The highest BCUT2D eigenvalue weighted by Crippen LogP contribution is 2.35. The molecule has 2 aromatic heterocycles. The smallest absolute Gasteiger partial charge is 0.262 e. The number of likely N-dealkylation sites (N-methyl/N-ethyl adjacent to an activating group) is 1. The van der Waals surface area contributed by atoms with Crippen molar-refractivity contribution >= 4 is 17.5 Å². The second-order valence-electron chi connectivity index (χ2n) is 7.52. The molecule has 0 aliphatic carbocycles. The van der Waals surface area contributed by atoms with E-state index in [0.717, 1.165) is 11.3 Å². The lowest BCUT2D eigenvalue weighted by atomic mass is 10.1. The number of ether oxygens (including phenoxy) is 1. The zero-order valence-corrected chi connectivity index (χ0v) is 17.9. The van der Waals surface area contributed by atoms with Gasteiger partial charge in [0.05, 0.1) is 23.5 Å². The van der Waals surface area contributed by atoms with Crippen molar-refractivity contribution in [2.24, 2.45) is 0 Å². The summed E-state index contributed by atoms with van der Waals surface area (Å²) in [5.41, 5.74) is 3.07. The molecule has 0 bridgehead atoms. The summed E-state index contributed by atoms with van der Waals surface area (Å²) >= 11 is 0. The monoisotopic (exact) mass is 439 g/mol. The van der Waals surface area contributed by atoms with Crippen molar-refractivity contribution in [2.75, 3.05) is 18.5 Å². The molecule has 4 aromatic rings. The highest BCUT2D eigenvalue weighted by atomic mass is 16.5. The molecule has 2 amide bonds. The van der Waals surface area contributed by atoms with Crippen molar-refractivity contribution in [1.82, 2.24) is 20.1 Å². The number of hydrogen-bond acceptors (Lipinski definition) is 5. The first-order valence-corrected chi connectivity index (χ1v) is 10.5. The fourth-order valence-electron chi connectivity index (χ4n) is 3.83. The van der Waals surface area contributed by atoms with Crippen LogP contribution in [0, 0.1) is 0 Å². The lowest BCUT2D eigenvalue weighted by molar-refractivity contribution is -0.127. The van der Waals surface area contributed by atoms with Crippen molar-refractivity contribution in [3.05, 3.63) is 90.9 Å². The molecule has 8 heteroatoms. The molecule has 5 rings (SSSR count). The Kier molecular flexibility index (Phi) is 5.32. The zero-order chi connectivity index (χ0) is 22.8. The number of aromatic nitrogens is 3. The third-order valence-corrected chi connectivity index (χ3v) is 5.46. The number of para-hydroxylation sites is 3. The van der Waals surface area contributed by atoms with Gasteiger partial charge in [-0.3, -0.25) is 14.6 Å². The first kappa shape index (κ1) is 20.4. The summed E-state index contributed by atoms with van der Waals surface area (Å²) in [6, 6.07) is 20.4. The maximum atomic E-state index is 13.9. The van der Waals surface area contributed by atoms with E-state index in [9.17, 15) is 9.59 Å². The predicted octanol–water partition coefficient (Wildman–Crippen LogP) is 3.09. The van der Waals surface area contributed by atoms with E-state index >= 15 is 0 Å². The number of rotatable bonds is 4. The van der Waals surface area contributed by atoms with Crippen LogP contribution in [0.1, 0.15) is 10.4 Å². The first-order chi connectivity index (χ1) is 16.2. The van der Waals surface area contributed by atoms with E-state index in [1.165, 1.54) is 0 Å². The lowest BCUT2D eigenvalue weighted by Crippen LogP contribution is -2.50. The van der Waals surface area contributed by atoms with Crippen molar-refractivity contribution in [2.45, 2.75) is 6.10 Å². The van der Waals surface area contributed by atoms with E-state index in [-0.39, 0.29) is 18.4 Å². The summed E-state index contributed by atoms with van der Waals surface area (Å²) in [6.45, 7) is 0.0819. The molecule has 0 fully saturated rings. The fourth-order valence-corrected chi connectivity index (χ4v) is 3.83. The van der Waals surface area contributed by atoms with Gasteiger partial charge in [-0.05, 0) is 36.4 Å². The molecule has 1 unspecified atom stereocenters. The van der Waals surface area contributed by atoms with Crippen molar-refractivity contribution in [3.63, 3.8) is 0 Å². The molecule has 0 radical (unpaired) electrons. The maximum Gasteiger partial charge on any atom is 0.262 e. The van der Waals surface area contributed by atoms with Crippen LogP contribution in [-0.2, 0) is 4.79 Å². The Hall–Kier alpha value is -4.46. The molecule has 8 nitrogen and oxygen atoms in total. The minimum atomic E-state index is -0.820. The Bertz CT molecular complexity index is 1300. The zero-order valence-electron chi connectivity index (χ0n) is 17.9. The standard InChI is InChI=1S/C25H21N5O3/c1-26-24(31)22-16-29(20-11-5-6-12-21(20)33-22)25(32)19-15-30(18-9-3-2-4-10-18)28-23(19)17-8-7-13-27-14-17/h2-15,22H,16H2,1H3,(H,26,31). The van der Waals surface area contributed by atoms with Gasteiger partial charge in [0.2, 0.25) is 0 Å². The number of amides is 2. The van der Waals surface area contributed by atoms with Crippen LogP contribution in [0.2, 0.25) is 0 Å². The molecule has 1 N–H and O–H groups in total. The summed E-state index contributed by atoms with van der Waals surface area (Å²) in [5.74, 6) is -0.0977. The normalized spacial score (nSPS) is 14.8. The number of pyridine rings is 1. The van der Waals surface area contributed by atoms with Gasteiger partial charge in [0.25, 0.3) is 11.8 Å². The van der Waals surface area contributed by atoms with Crippen LogP contribution in [0.3, 0.4) is 0 Å². The number of fused-ring (bicyclic) bond motifs is 1. The molecule has 2 aromatic carbocycles. The lowest BCUT2D eigenvalue weighted by Gasteiger charge is -2.34. The number of nitrogens with one attached hydrogen (secondary N) is 1. The molecule has 1 atom stereocenters. The molecule has 164 valence electrons. The maximum absolute atomic E-state index is 13.9. The van der Waals surface area contributed by atoms with E-state index in [1.807, 2.05) is 48.5 Å². The van der Waals surface area contributed by atoms with Crippen LogP contribution >= 0.6 is 0 Å². The molecular formula is C25H21N5O3. The van der Waals surface area contributed by atoms with Gasteiger partial charge < -0.3 is 15.0 Å². The van der Waals surface area contributed by atoms with Gasteiger partial charge in [-0.1, -0.05) is 30.3 Å². The van der Waals surface area contributed by atoms with Crippen LogP contribution in [-0.4, -0.2) is 46.3 Å². The molecule has 3 heterocycles. The second-order valence-corrected chi connectivity index (χ2v) is 7.52. The summed E-state index contributed by atoms with van der Waals surface area (Å²) in [5, 5.41) is 7.31. The minimum Gasteiger partial charge on any atom is -0.477 e. The van der Waals surface area contributed by atoms with Gasteiger partial charge in [-0.15, -0.1) is 0 Å². The summed E-state index contributed by atoms with van der Waals surface area (Å²) in [4.78, 5) is 32.0. The van der Waals surface area contributed by atoms with E-state index in [1.54, 1.807) is 53.4 Å². The molecule has 0 saturated carbocycles. The quantitative estimate of drug-likeness (QED) is 0.528. The number of benzene rings is 2. The summed E-state index contributed by atoms with van der Waals surface area (Å²) < 4.78 is 7.53. The Morgan fingerprint density at radius 3 is 2.58 bits per heavy atom. The van der Waals surface area contributed by atoms with Crippen molar-refractivity contribution in [1.29, 1.82) is 0 Å². The number of carbonyl (C=O) groups excluding carboxylic acids is 2. The van der Waals surface area contributed by atoms with Gasteiger partial charge in [-0.25, -0.2) is 4.68 Å².